The third-order valence-electron chi connectivity index (χ3n) is 3.79. The second-order valence-electron chi connectivity index (χ2n) is 5.51. The van der Waals surface area contributed by atoms with E-state index in [1.165, 1.54) is 6.33 Å². The van der Waals surface area contributed by atoms with Crippen LogP contribution < -0.4 is 4.74 Å². The van der Waals surface area contributed by atoms with Gasteiger partial charge in [0.25, 0.3) is 0 Å². The molecule has 2 N–H and O–H groups in total. The van der Waals surface area contributed by atoms with Gasteiger partial charge in [0.05, 0.1) is 11.5 Å². The van der Waals surface area contributed by atoms with Gasteiger partial charge in [-0.15, -0.1) is 0 Å². The summed E-state index contributed by atoms with van der Waals surface area (Å²) in [6.45, 7) is 0. The molecule has 3 aromatic rings. The molecule has 5 nitrogen and oxygen atoms in total. The summed E-state index contributed by atoms with van der Waals surface area (Å²) in [5.41, 5.74) is 2.61. The monoisotopic (exact) mass is 339 g/mol. The molecule has 0 bridgehead atoms. The summed E-state index contributed by atoms with van der Waals surface area (Å²) in [5, 5.41) is 10.9. The van der Waals surface area contributed by atoms with Gasteiger partial charge in [-0.05, 0) is 36.3 Å². The van der Waals surface area contributed by atoms with Crippen molar-refractivity contribution in [2.24, 2.45) is 0 Å². The number of aliphatic hydroxyl groups is 1. The molecule has 0 saturated heterocycles. The maximum Gasteiger partial charge on any atom is 0.231 e. The van der Waals surface area contributed by atoms with E-state index >= 15 is 0 Å². The lowest BCUT2D eigenvalue weighted by Crippen LogP contribution is -2.03. The van der Waals surface area contributed by atoms with Crippen LogP contribution in [-0.2, 0) is 0 Å². The molecule has 1 atom stereocenters. The lowest BCUT2D eigenvalue weighted by molar-refractivity contribution is 0.226. The van der Waals surface area contributed by atoms with E-state index in [-0.39, 0.29) is 0 Å². The topological polar surface area (TPSA) is 71.0 Å². The van der Waals surface area contributed by atoms with E-state index in [9.17, 15) is 5.11 Å². The van der Waals surface area contributed by atoms with E-state index in [2.05, 4.69) is 15.0 Å². The minimum absolute atomic E-state index is 0.417. The summed E-state index contributed by atoms with van der Waals surface area (Å²) < 4.78 is 5.86. The molecular weight excluding hydrogens is 326 g/mol. The molecule has 0 aliphatic heterocycles. The second kappa shape index (κ2) is 6.11. The maximum absolute atomic E-state index is 9.55. The van der Waals surface area contributed by atoms with Crippen molar-refractivity contribution < 1.29 is 9.84 Å². The van der Waals surface area contributed by atoms with Crippen LogP contribution in [0.25, 0.3) is 16.6 Å². The quantitative estimate of drug-likeness (QED) is 0.753. The zero-order valence-electron chi connectivity index (χ0n) is 12.6. The molecule has 120 valence electrons. The van der Waals surface area contributed by atoms with E-state index in [1.54, 1.807) is 18.2 Å². The van der Waals surface area contributed by atoms with Crippen LogP contribution in [0, 0.1) is 0 Å². The number of halogens is 1. The van der Waals surface area contributed by atoms with E-state index < -0.39 is 6.10 Å². The minimum Gasteiger partial charge on any atom is -0.438 e. The highest BCUT2D eigenvalue weighted by Crippen LogP contribution is 2.31. The van der Waals surface area contributed by atoms with E-state index in [1.807, 2.05) is 30.4 Å². The second-order valence-corrected chi connectivity index (χ2v) is 5.94. The van der Waals surface area contributed by atoms with Crippen molar-refractivity contribution in [3.05, 3.63) is 65.6 Å². The zero-order valence-corrected chi connectivity index (χ0v) is 13.4. The van der Waals surface area contributed by atoms with E-state index in [4.69, 9.17) is 16.3 Å². The molecule has 24 heavy (non-hydrogen) atoms. The molecule has 2 aromatic heterocycles. The lowest BCUT2D eigenvalue weighted by atomic mass is 10.0. The van der Waals surface area contributed by atoms with Gasteiger partial charge in [-0.1, -0.05) is 35.9 Å². The van der Waals surface area contributed by atoms with Gasteiger partial charge >= 0.3 is 0 Å². The number of allylic oxidation sites excluding steroid dienone is 2. The Labute approximate surface area is 143 Å². The first kappa shape index (κ1) is 14.9. The van der Waals surface area contributed by atoms with Crippen molar-refractivity contribution in [3.8, 4) is 11.6 Å². The molecule has 1 aliphatic rings. The fourth-order valence-corrected chi connectivity index (χ4v) is 2.79. The Morgan fingerprint density at radius 1 is 1.25 bits per heavy atom. The highest BCUT2D eigenvalue weighted by Gasteiger charge is 2.13. The molecule has 1 unspecified atom stereocenters. The van der Waals surface area contributed by atoms with Crippen LogP contribution >= 0.6 is 11.6 Å². The van der Waals surface area contributed by atoms with Crippen molar-refractivity contribution in [2.75, 3.05) is 0 Å². The zero-order chi connectivity index (χ0) is 16.5. The SMILES string of the molecule is OC1C=CC(c2cc3c(Oc4cccc(Cl)c4)ncnc3[nH]2)=CC1. The van der Waals surface area contributed by atoms with Crippen molar-refractivity contribution >= 4 is 28.2 Å². The van der Waals surface area contributed by atoms with Crippen LogP contribution in [-0.4, -0.2) is 26.2 Å². The largest absolute Gasteiger partial charge is 0.438 e. The number of aromatic nitrogens is 3. The van der Waals surface area contributed by atoms with E-state index in [0.717, 1.165) is 16.7 Å². The van der Waals surface area contributed by atoms with Crippen LogP contribution in [0.1, 0.15) is 12.1 Å². The number of aliphatic hydroxyl groups excluding tert-OH is 1. The van der Waals surface area contributed by atoms with Crippen LogP contribution in [0.2, 0.25) is 5.02 Å². The van der Waals surface area contributed by atoms with Crippen molar-refractivity contribution in [3.63, 3.8) is 0 Å². The summed E-state index contributed by atoms with van der Waals surface area (Å²) in [5.74, 6) is 1.08. The average molecular weight is 340 g/mol. The first-order valence-electron chi connectivity index (χ1n) is 7.53. The highest BCUT2D eigenvalue weighted by atomic mass is 35.5. The predicted molar refractivity (Wildman–Crippen MR) is 93.2 cm³/mol. The number of fused-ring (bicyclic) bond motifs is 1. The third-order valence-corrected chi connectivity index (χ3v) is 4.02. The molecule has 2 heterocycles. The Morgan fingerprint density at radius 3 is 2.96 bits per heavy atom. The number of benzene rings is 1. The Hall–Kier alpha value is -2.63. The van der Waals surface area contributed by atoms with Crippen LogP contribution in [0.3, 0.4) is 0 Å². The first-order chi connectivity index (χ1) is 11.7. The van der Waals surface area contributed by atoms with Crippen molar-refractivity contribution in [1.82, 2.24) is 15.0 Å². The normalized spacial score (nSPS) is 17.1. The lowest BCUT2D eigenvalue weighted by Gasteiger charge is -2.09. The number of rotatable bonds is 3. The number of hydrogen-bond acceptors (Lipinski definition) is 4. The fraction of sp³-hybridized carbons (Fsp3) is 0.111. The fourth-order valence-electron chi connectivity index (χ4n) is 2.60. The molecule has 0 saturated carbocycles. The molecule has 0 fully saturated rings. The summed E-state index contributed by atoms with van der Waals surface area (Å²) >= 11 is 5.99. The Bertz CT molecular complexity index is 962. The van der Waals surface area contributed by atoms with Gasteiger partial charge in [-0.3, -0.25) is 0 Å². The number of aromatic amines is 1. The summed E-state index contributed by atoms with van der Waals surface area (Å²) in [7, 11) is 0. The molecule has 0 spiro atoms. The van der Waals surface area contributed by atoms with Crippen LogP contribution in [0.4, 0.5) is 0 Å². The third kappa shape index (κ3) is 2.91. The Balaban J connectivity index is 1.71. The molecule has 0 radical (unpaired) electrons. The van der Waals surface area contributed by atoms with Crippen molar-refractivity contribution in [1.29, 1.82) is 0 Å². The molecule has 0 amide bonds. The predicted octanol–water partition coefficient (Wildman–Crippen LogP) is 4.11. The van der Waals surface area contributed by atoms with Gasteiger partial charge in [0.1, 0.15) is 17.7 Å². The number of nitrogens with one attached hydrogen (secondary N) is 1. The van der Waals surface area contributed by atoms with Crippen molar-refractivity contribution in [2.45, 2.75) is 12.5 Å². The van der Waals surface area contributed by atoms with Gasteiger partial charge in [-0.2, -0.15) is 0 Å². The molecule has 1 aromatic carbocycles. The van der Waals surface area contributed by atoms with Gasteiger partial charge in [0, 0.05) is 10.7 Å². The molecule has 1 aliphatic carbocycles. The minimum atomic E-state index is -0.417. The molecule has 4 rings (SSSR count). The average Bonchev–Trinajstić information content (AvgIpc) is 3.01. The number of H-pyrrole nitrogens is 1. The van der Waals surface area contributed by atoms with Gasteiger partial charge in [0.15, 0.2) is 0 Å². The number of nitrogens with zero attached hydrogens (tertiary/aromatic N) is 2. The summed E-state index contributed by atoms with van der Waals surface area (Å²) in [6, 6.07) is 9.11. The van der Waals surface area contributed by atoms with Crippen LogP contribution in [0.5, 0.6) is 11.6 Å². The number of hydrogen-bond donors (Lipinski definition) is 2. The van der Waals surface area contributed by atoms with E-state index in [0.29, 0.717) is 28.7 Å². The Morgan fingerprint density at radius 2 is 2.17 bits per heavy atom. The highest BCUT2D eigenvalue weighted by molar-refractivity contribution is 6.30. The van der Waals surface area contributed by atoms with Gasteiger partial charge < -0.3 is 14.8 Å². The first-order valence-corrected chi connectivity index (χ1v) is 7.91. The molecule has 6 heteroatoms. The van der Waals surface area contributed by atoms with Crippen LogP contribution in [0.15, 0.2) is 54.9 Å². The summed E-state index contributed by atoms with van der Waals surface area (Å²) in [4.78, 5) is 11.7. The molecular formula is C18H14ClN3O2. The number of ether oxygens (including phenoxy) is 1. The standard InChI is InChI=1S/C18H14ClN3O2/c19-12-2-1-3-14(8-12)24-18-15-9-16(22-17(15)20-10-21-18)11-4-6-13(23)7-5-11/h1-6,8-10,13,23H,7H2,(H,20,21,22). The smallest absolute Gasteiger partial charge is 0.231 e. The maximum atomic E-state index is 9.55. The Kier molecular flexibility index (Phi) is 3.80. The van der Waals surface area contributed by atoms with Gasteiger partial charge in [0.2, 0.25) is 5.88 Å². The summed E-state index contributed by atoms with van der Waals surface area (Å²) in [6.07, 6.45) is 7.29. The van der Waals surface area contributed by atoms with Gasteiger partial charge in [-0.25, -0.2) is 9.97 Å².